The fourth-order valence-corrected chi connectivity index (χ4v) is 2.80. The first-order valence-electron chi connectivity index (χ1n) is 6.77. The lowest BCUT2D eigenvalue weighted by atomic mass is 9.93. The maximum absolute atomic E-state index is 11.2. The van der Waals surface area contributed by atoms with Crippen LogP contribution in [-0.4, -0.2) is 36.2 Å². The van der Waals surface area contributed by atoms with Crippen LogP contribution in [0.5, 0.6) is 0 Å². The summed E-state index contributed by atoms with van der Waals surface area (Å²) in [4.78, 5) is 18.3. The number of hydrogen-bond donors (Lipinski definition) is 0. The lowest BCUT2D eigenvalue weighted by Crippen LogP contribution is -2.40. The van der Waals surface area contributed by atoms with Crippen LogP contribution < -0.4 is 0 Å². The van der Waals surface area contributed by atoms with Gasteiger partial charge in [0.25, 0.3) is 0 Å². The fourth-order valence-electron chi connectivity index (χ4n) is 2.80. The number of carbonyl (C=O) groups is 1. The van der Waals surface area contributed by atoms with Gasteiger partial charge in [0.05, 0.1) is 11.8 Å². The first-order chi connectivity index (χ1) is 8.36. The first-order valence-corrected chi connectivity index (χ1v) is 6.77. The lowest BCUT2D eigenvalue weighted by Gasteiger charge is -2.26. The average Bonchev–Trinajstić information content (AvgIpc) is 2.73. The molecule has 4 nitrogen and oxygen atoms in total. The molecule has 0 bridgehead atoms. The fraction of sp³-hybridized carbons (Fsp3) is 0.846. The topological polar surface area (TPSA) is 41.9 Å². The molecule has 2 atom stereocenters. The second kappa shape index (κ2) is 6.03. The Morgan fingerprint density at radius 3 is 3.18 bits per heavy atom. The molecular weight excluding hydrogens is 216 g/mol. The zero-order valence-corrected chi connectivity index (χ0v) is 10.6. The van der Waals surface area contributed by atoms with Gasteiger partial charge in [0.15, 0.2) is 0 Å². The molecule has 0 aromatic rings. The van der Waals surface area contributed by atoms with Gasteiger partial charge < -0.3 is 9.74 Å². The normalized spacial score (nSPS) is 28.1. The molecule has 1 saturated heterocycles. The van der Waals surface area contributed by atoms with Crippen LogP contribution in [0.15, 0.2) is 5.16 Å². The van der Waals surface area contributed by atoms with Crippen LogP contribution in [0.1, 0.15) is 45.4 Å². The Morgan fingerprint density at radius 2 is 2.41 bits per heavy atom. The van der Waals surface area contributed by atoms with Crippen molar-refractivity contribution in [3.8, 4) is 0 Å². The summed E-state index contributed by atoms with van der Waals surface area (Å²) in [5.74, 6) is 0.451. The number of amides is 1. The van der Waals surface area contributed by atoms with Gasteiger partial charge in [-0.25, -0.2) is 0 Å². The number of carbonyl (C=O) groups excluding carboxylic acids is 1. The minimum absolute atomic E-state index is 0.189. The van der Waals surface area contributed by atoms with Gasteiger partial charge in [0.1, 0.15) is 6.61 Å². The quantitative estimate of drug-likeness (QED) is 0.544. The first kappa shape index (κ1) is 12.4. The van der Waals surface area contributed by atoms with Crippen LogP contribution in [0.3, 0.4) is 0 Å². The monoisotopic (exact) mass is 238 g/mol. The molecule has 4 heteroatoms. The highest BCUT2D eigenvalue weighted by molar-refractivity contribution is 5.93. The molecule has 0 unspecified atom stereocenters. The highest BCUT2D eigenvalue weighted by atomic mass is 16.6. The summed E-state index contributed by atoms with van der Waals surface area (Å²) in [6.07, 6.45) is 7.79. The van der Waals surface area contributed by atoms with Gasteiger partial charge in [-0.2, -0.15) is 0 Å². The Hall–Kier alpha value is -1.06. The maximum Gasteiger partial charge on any atom is 0.210 e. The Bertz CT molecular complexity index is 291. The predicted molar refractivity (Wildman–Crippen MR) is 66.8 cm³/mol. The molecule has 0 aliphatic carbocycles. The van der Waals surface area contributed by atoms with E-state index in [1.54, 1.807) is 0 Å². The van der Waals surface area contributed by atoms with Gasteiger partial charge >= 0.3 is 0 Å². The summed E-state index contributed by atoms with van der Waals surface area (Å²) in [5, 5.41) is 4.19. The number of fused-ring (bicyclic) bond motifs is 1. The SMILES string of the molecule is CCCCC[C@H]1C2=NOC[C@H]2CCCN1C=O. The minimum atomic E-state index is 0.189. The van der Waals surface area contributed by atoms with Crippen LogP contribution in [0.2, 0.25) is 0 Å². The minimum Gasteiger partial charge on any atom is -0.395 e. The van der Waals surface area contributed by atoms with E-state index in [0.29, 0.717) is 12.5 Å². The molecule has 0 N–H and O–H groups in total. The van der Waals surface area contributed by atoms with E-state index in [2.05, 4.69) is 12.1 Å². The van der Waals surface area contributed by atoms with Gasteiger partial charge in [0.2, 0.25) is 6.41 Å². The summed E-state index contributed by atoms with van der Waals surface area (Å²) < 4.78 is 0. The molecule has 2 heterocycles. The van der Waals surface area contributed by atoms with Crippen molar-refractivity contribution in [2.45, 2.75) is 51.5 Å². The van der Waals surface area contributed by atoms with Crippen LogP contribution in [0.4, 0.5) is 0 Å². The third kappa shape index (κ3) is 2.79. The molecule has 2 aliphatic heterocycles. The standard InChI is InChI=1S/C13H22N2O2/c1-2-3-4-7-12-13-11(9-17-14-13)6-5-8-15(12)10-16/h10-12H,2-9H2,1H3/t11-,12+/m1/s1. The van der Waals surface area contributed by atoms with E-state index in [-0.39, 0.29) is 6.04 Å². The smallest absolute Gasteiger partial charge is 0.210 e. The molecule has 1 fully saturated rings. The predicted octanol–water partition coefficient (Wildman–Crippen LogP) is 2.19. The zero-order chi connectivity index (χ0) is 12.1. The zero-order valence-electron chi connectivity index (χ0n) is 10.6. The van der Waals surface area contributed by atoms with Crippen molar-refractivity contribution in [3.05, 3.63) is 0 Å². The Balaban J connectivity index is 2.05. The summed E-state index contributed by atoms with van der Waals surface area (Å²) >= 11 is 0. The van der Waals surface area contributed by atoms with Gasteiger partial charge in [-0.1, -0.05) is 31.3 Å². The highest BCUT2D eigenvalue weighted by Gasteiger charge is 2.35. The summed E-state index contributed by atoms with van der Waals surface area (Å²) in [5.41, 5.74) is 1.12. The van der Waals surface area contributed by atoms with E-state index in [0.717, 1.165) is 44.3 Å². The molecule has 96 valence electrons. The van der Waals surface area contributed by atoms with Gasteiger partial charge in [-0.15, -0.1) is 0 Å². The number of unbranched alkanes of at least 4 members (excludes halogenated alkanes) is 2. The molecule has 2 aliphatic rings. The highest BCUT2D eigenvalue weighted by Crippen LogP contribution is 2.27. The number of rotatable bonds is 5. The summed E-state index contributed by atoms with van der Waals surface area (Å²) in [6, 6.07) is 0.189. The van der Waals surface area contributed by atoms with Crippen molar-refractivity contribution < 1.29 is 9.63 Å². The third-order valence-corrected chi connectivity index (χ3v) is 3.79. The summed E-state index contributed by atoms with van der Waals surface area (Å²) in [7, 11) is 0. The van der Waals surface area contributed by atoms with E-state index in [1.807, 2.05) is 4.90 Å². The molecule has 1 amide bonds. The molecule has 0 saturated carbocycles. The number of nitrogens with zero attached hydrogens (tertiary/aromatic N) is 2. The van der Waals surface area contributed by atoms with Crippen molar-refractivity contribution >= 4 is 12.1 Å². The van der Waals surface area contributed by atoms with E-state index in [4.69, 9.17) is 4.84 Å². The Labute approximate surface area is 103 Å². The van der Waals surface area contributed by atoms with E-state index in [9.17, 15) is 4.79 Å². The van der Waals surface area contributed by atoms with Crippen molar-refractivity contribution in [2.75, 3.05) is 13.2 Å². The molecule has 0 aromatic heterocycles. The third-order valence-electron chi connectivity index (χ3n) is 3.79. The van der Waals surface area contributed by atoms with Gasteiger partial charge in [0, 0.05) is 12.5 Å². The molecule has 0 spiro atoms. The molecule has 0 aromatic carbocycles. The summed E-state index contributed by atoms with van der Waals surface area (Å²) in [6.45, 7) is 3.78. The number of likely N-dealkylation sites (tertiary alicyclic amines) is 1. The van der Waals surface area contributed by atoms with Crippen LogP contribution in [0, 0.1) is 5.92 Å². The van der Waals surface area contributed by atoms with E-state index >= 15 is 0 Å². The largest absolute Gasteiger partial charge is 0.395 e. The molecule has 2 rings (SSSR count). The Morgan fingerprint density at radius 1 is 1.53 bits per heavy atom. The van der Waals surface area contributed by atoms with Crippen molar-refractivity contribution in [1.29, 1.82) is 0 Å². The number of oxime groups is 1. The molecule has 0 radical (unpaired) electrons. The van der Waals surface area contributed by atoms with E-state index in [1.165, 1.54) is 12.8 Å². The lowest BCUT2D eigenvalue weighted by molar-refractivity contribution is -0.119. The molecule has 17 heavy (non-hydrogen) atoms. The van der Waals surface area contributed by atoms with Gasteiger partial charge in [-0.3, -0.25) is 4.79 Å². The Kier molecular flexibility index (Phi) is 4.40. The van der Waals surface area contributed by atoms with Crippen LogP contribution in [-0.2, 0) is 9.63 Å². The van der Waals surface area contributed by atoms with Crippen LogP contribution in [0.25, 0.3) is 0 Å². The van der Waals surface area contributed by atoms with Gasteiger partial charge in [-0.05, 0) is 19.3 Å². The average molecular weight is 238 g/mol. The van der Waals surface area contributed by atoms with Crippen molar-refractivity contribution in [2.24, 2.45) is 11.1 Å². The maximum atomic E-state index is 11.2. The van der Waals surface area contributed by atoms with E-state index < -0.39 is 0 Å². The van der Waals surface area contributed by atoms with Crippen LogP contribution >= 0.6 is 0 Å². The van der Waals surface area contributed by atoms with Crippen molar-refractivity contribution in [3.63, 3.8) is 0 Å². The second-order valence-corrected chi connectivity index (χ2v) is 5.01. The molecular formula is C13H22N2O2. The van der Waals surface area contributed by atoms with Crippen molar-refractivity contribution in [1.82, 2.24) is 4.90 Å². The number of hydrogen-bond acceptors (Lipinski definition) is 3. The second-order valence-electron chi connectivity index (χ2n) is 5.01.